The summed E-state index contributed by atoms with van der Waals surface area (Å²) in [6, 6.07) is 0. The Hall–Kier alpha value is -3.93. The minimum Gasteiger partial charge on any atom is -0.462 e. The van der Waals surface area contributed by atoms with Gasteiger partial charge in [0.2, 0.25) is 0 Å². The van der Waals surface area contributed by atoms with Gasteiger partial charge in [-0.15, -0.1) is 0 Å². The van der Waals surface area contributed by atoms with Crippen LogP contribution in [0.5, 0.6) is 0 Å². The number of esters is 3. The Morgan fingerprint density at radius 1 is 0.313 bits per heavy atom. The Balaban J connectivity index is 4.23. The lowest BCUT2D eigenvalue weighted by molar-refractivity contribution is -0.166. The van der Waals surface area contributed by atoms with Crippen LogP contribution in [0, 0.1) is 0 Å². The minimum atomic E-state index is -0.818. The minimum absolute atomic E-state index is 0.112. The average Bonchev–Trinajstić information content (AvgIpc) is 3.33. The van der Waals surface area contributed by atoms with Crippen LogP contribution in [0.25, 0.3) is 0 Å². The van der Waals surface area contributed by atoms with E-state index >= 15 is 0 Å². The average molecular weight is 929 g/mol. The number of carbonyl (C=O) groups excluding carboxylic acids is 3. The van der Waals surface area contributed by atoms with Gasteiger partial charge in [0.1, 0.15) is 13.2 Å². The topological polar surface area (TPSA) is 78.9 Å². The third-order valence-corrected chi connectivity index (χ3v) is 11.3. The molecule has 1 unspecified atom stereocenters. The van der Waals surface area contributed by atoms with Crippen LogP contribution in [0.2, 0.25) is 0 Å². The van der Waals surface area contributed by atoms with Gasteiger partial charge in [0.05, 0.1) is 0 Å². The monoisotopic (exact) mass is 929 g/mol. The first-order valence-electron chi connectivity index (χ1n) is 27.4. The van der Waals surface area contributed by atoms with E-state index in [0.29, 0.717) is 19.3 Å². The van der Waals surface area contributed by atoms with Crippen molar-refractivity contribution in [2.24, 2.45) is 0 Å². The second kappa shape index (κ2) is 54.7. The SMILES string of the molecule is CC/C=C\C/C=C\C/C=C\C/C=C\C/C=C\C/C=C\CCC(=O)OC(COC(=O)CCCCCCC)COC(=O)CCCCCCCCCCCC/C=C\C/C=C\C/C=C\CCCCCCC. The molecular formula is C61H100O6. The molecule has 380 valence electrons. The molecule has 0 aromatic heterocycles. The van der Waals surface area contributed by atoms with Gasteiger partial charge in [-0.05, 0) is 96.3 Å². The smallest absolute Gasteiger partial charge is 0.306 e. The van der Waals surface area contributed by atoms with Crippen LogP contribution in [-0.2, 0) is 28.6 Å². The number of hydrogen-bond donors (Lipinski definition) is 0. The van der Waals surface area contributed by atoms with Crippen LogP contribution in [0.3, 0.4) is 0 Å². The number of unbranched alkanes of at least 4 members (excludes halogenated alkanes) is 19. The summed E-state index contributed by atoms with van der Waals surface area (Å²) in [6.07, 6.45) is 74.2. The second-order valence-electron chi connectivity index (χ2n) is 17.8. The van der Waals surface area contributed by atoms with Gasteiger partial charge >= 0.3 is 17.9 Å². The highest BCUT2D eigenvalue weighted by Crippen LogP contribution is 2.14. The van der Waals surface area contributed by atoms with E-state index < -0.39 is 12.1 Å². The van der Waals surface area contributed by atoms with E-state index in [2.05, 4.69) is 118 Å². The lowest BCUT2D eigenvalue weighted by Crippen LogP contribution is -2.30. The summed E-state index contributed by atoms with van der Waals surface area (Å²) in [6.45, 7) is 6.35. The fourth-order valence-corrected chi connectivity index (χ4v) is 7.18. The third kappa shape index (κ3) is 52.9. The second-order valence-corrected chi connectivity index (χ2v) is 17.8. The maximum Gasteiger partial charge on any atom is 0.306 e. The molecule has 0 aliphatic carbocycles. The molecular weight excluding hydrogens is 829 g/mol. The molecule has 0 N–H and O–H groups in total. The van der Waals surface area contributed by atoms with Gasteiger partial charge < -0.3 is 14.2 Å². The van der Waals surface area contributed by atoms with Crippen molar-refractivity contribution in [3.63, 3.8) is 0 Å². The van der Waals surface area contributed by atoms with E-state index in [-0.39, 0.29) is 31.6 Å². The Labute approximate surface area is 412 Å². The van der Waals surface area contributed by atoms with E-state index in [0.717, 1.165) is 103 Å². The number of allylic oxidation sites excluding steroid dienone is 18. The van der Waals surface area contributed by atoms with E-state index in [1.165, 1.54) is 89.9 Å². The van der Waals surface area contributed by atoms with Crippen LogP contribution in [0.4, 0.5) is 0 Å². The van der Waals surface area contributed by atoms with Gasteiger partial charge in [-0.3, -0.25) is 14.4 Å². The molecule has 0 bridgehead atoms. The van der Waals surface area contributed by atoms with Crippen molar-refractivity contribution < 1.29 is 28.6 Å². The first-order valence-corrected chi connectivity index (χ1v) is 27.4. The number of rotatable bonds is 48. The van der Waals surface area contributed by atoms with Gasteiger partial charge in [0.25, 0.3) is 0 Å². The zero-order valence-electron chi connectivity index (χ0n) is 43.4. The molecule has 0 aliphatic rings. The molecule has 6 heteroatoms. The van der Waals surface area contributed by atoms with E-state index in [1.807, 2.05) is 12.2 Å². The highest BCUT2D eigenvalue weighted by Gasteiger charge is 2.19. The van der Waals surface area contributed by atoms with Crippen LogP contribution in [0.1, 0.15) is 239 Å². The Morgan fingerprint density at radius 2 is 0.612 bits per heavy atom. The number of hydrogen-bond acceptors (Lipinski definition) is 6. The molecule has 0 saturated carbocycles. The van der Waals surface area contributed by atoms with Crippen LogP contribution in [0.15, 0.2) is 109 Å². The van der Waals surface area contributed by atoms with Gasteiger partial charge in [0, 0.05) is 19.3 Å². The lowest BCUT2D eigenvalue weighted by atomic mass is 10.1. The third-order valence-electron chi connectivity index (χ3n) is 11.3. The summed E-state index contributed by atoms with van der Waals surface area (Å²) in [5.41, 5.74) is 0. The van der Waals surface area contributed by atoms with Gasteiger partial charge in [-0.25, -0.2) is 0 Å². The van der Waals surface area contributed by atoms with Crippen molar-refractivity contribution in [2.75, 3.05) is 13.2 Å². The largest absolute Gasteiger partial charge is 0.462 e. The summed E-state index contributed by atoms with van der Waals surface area (Å²) in [5.74, 6) is -1.02. The number of carbonyl (C=O) groups is 3. The van der Waals surface area contributed by atoms with Crippen LogP contribution in [-0.4, -0.2) is 37.2 Å². The van der Waals surface area contributed by atoms with Gasteiger partial charge in [0.15, 0.2) is 6.10 Å². The van der Waals surface area contributed by atoms with Crippen LogP contribution < -0.4 is 0 Å². The van der Waals surface area contributed by atoms with E-state index in [4.69, 9.17) is 14.2 Å². The molecule has 6 nitrogen and oxygen atoms in total. The molecule has 0 heterocycles. The predicted molar refractivity (Wildman–Crippen MR) is 288 cm³/mol. The summed E-state index contributed by atoms with van der Waals surface area (Å²) in [5, 5.41) is 0. The normalized spacial score (nSPS) is 12.9. The van der Waals surface area contributed by atoms with E-state index in [1.54, 1.807) is 0 Å². The summed E-state index contributed by atoms with van der Waals surface area (Å²) in [7, 11) is 0. The molecule has 0 amide bonds. The standard InChI is InChI=1S/C61H100O6/c1-4-7-10-13-15-17-19-21-23-25-27-28-29-30-31-32-34-35-37-39-41-43-45-48-51-54-60(63)66-57-58(56-65-59(62)53-50-47-12-9-6-3)67-61(64)55-52-49-46-44-42-40-38-36-33-26-24-22-20-18-16-14-11-8-5-2/h8,11,16,18-19,21-22,24-25,27,29-30,33,36,40,42,46,49,58H,4-7,9-10,12-15,17,20,23,26,28,31-32,34-35,37-39,41,43-45,47-48,50-57H2,1-3H3/b11-8-,18-16-,21-19-,24-22-,27-25-,30-29-,36-33-,42-40-,49-46-. The van der Waals surface area contributed by atoms with Gasteiger partial charge in [-0.1, -0.05) is 233 Å². The first kappa shape index (κ1) is 63.1. The molecule has 0 aromatic carbocycles. The summed E-state index contributed by atoms with van der Waals surface area (Å²) in [4.78, 5) is 37.7. The molecule has 0 fully saturated rings. The predicted octanol–water partition coefficient (Wildman–Crippen LogP) is 18.3. The zero-order valence-corrected chi connectivity index (χ0v) is 43.4. The fourth-order valence-electron chi connectivity index (χ4n) is 7.18. The first-order chi connectivity index (χ1) is 33.0. The van der Waals surface area contributed by atoms with Crippen molar-refractivity contribution in [3.8, 4) is 0 Å². The Kier molecular flexibility index (Phi) is 51.5. The maximum absolute atomic E-state index is 12.7. The zero-order chi connectivity index (χ0) is 48.6. The fraction of sp³-hybridized carbons (Fsp3) is 0.656. The number of ether oxygens (including phenoxy) is 3. The van der Waals surface area contributed by atoms with Crippen molar-refractivity contribution in [2.45, 2.75) is 245 Å². The molecule has 0 aliphatic heterocycles. The van der Waals surface area contributed by atoms with Crippen molar-refractivity contribution in [1.82, 2.24) is 0 Å². The Bertz CT molecular complexity index is 1390. The molecule has 0 spiro atoms. The quantitative estimate of drug-likeness (QED) is 0.0262. The molecule has 0 rings (SSSR count). The summed E-state index contributed by atoms with van der Waals surface area (Å²) < 4.78 is 16.6. The van der Waals surface area contributed by atoms with Crippen LogP contribution >= 0.6 is 0 Å². The molecule has 0 radical (unpaired) electrons. The van der Waals surface area contributed by atoms with Crippen molar-refractivity contribution >= 4 is 17.9 Å². The highest BCUT2D eigenvalue weighted by atomic mass is 16.6. The maximum atomic E-state index is 12.7. The van der Waals surface area contributed by atoms with Gasteiger partial charge in [-0.2, -0.15) is 0 Å². The molecule has 0 aromatic rings. The lowest BCUT2D eigenvalue weighted by Gasteiger charge is -2.18. The Morgan fingerprint density at radius 3 is 0.970 bits per heavy atom. The highest BCUT2D eigenvalue weighted by molar-refractivity contribution is 5.71. The molecule has 1 atom stereocenters. The molecule has 67 heavy (non-hydrogen) atoms. The van der Waals surface area contributed by atoms with Crippen molar-refractivity contribution in [1.29, 1.82) is 0 Å². The van der Waals surface area contributed by atoms with E-state index in [9.17, 15) is 14.4 Å². The molecule has 0 saturated heterocycles. The summed E-state index contributed by atoms with van der Waals surface area (Å²) >= 11 is 0. The van der Waals surface area contributed by atoms with Crippen molar-refractivity contribution in [3.05, 3.63) is 109 Å².